The van der Waals surface area contributed by atoms with E-state index in [2.05, 4.69) is 16.8 Å². The van der Waals surface area contributed by atoms with Gasteiger partial charge in [0.1, 0.15) is 22.1 Å². The average Bonchev–Trinajstić information content (AvgIpc) is 3.69. The predicted molar refractivity (Wildman–Crippen MR) is 191 cm³/mol. The van der Waals surface area contributed by atoms with Crippen LogP contribution in [0.5, 0.6) is 17.2 Å². The zero-order valence-corrected chi connectivity index (χ0v) is 30.9. The molecule has 268 valence electrons. The fourth-order valence-corrected chi connectivity index (χ4v) is 9.26. The minimum absolute atomic E-state index is 0.0127. The lowest BCUT2D eigenvalue weighted by atomic mass is 9.80. The zero-order chi connectivity index (χ0) is 36.0. The van der Waals surface area contributed by atoms with Crippen LogP contribution in [0.2, 0.25) is 5.02 Å². The molecule has 6 rings (SSSR count). The molecule has 1 unspecified atom stereocenters. The van der Waals surface area contributed by atoms with Gasteiger partial charge in [-0.1, -0.05) is 17.7 Å². The highest BCUT2D eigenvalue weighted by Gasteiger charge is 2.63. The van der Waals surface area contributed by atoms with Gasteiger partial charge in [-0.2, -0.15) is 0 Å². The van der Waals surface area contributed by atoms with Gasteiger partial charge in [-0.3, -0.25) is 19.4 Å². The number of hydrogen-bond acceptors (Lipinski definition) is 10. The summed E-state index contributed by atoms with van der Waals surface area (Å²) in [6.07, 6.45) is 1.09. The van der Waals surface area contributed by atoms with Crippen molar-refractivity contribution in [3.05, 3.63) is 76.3 Å². The first kappa shape index (κ1) is 35.9. The molecule has 14 heteroatoms. The van der Waals surface area contributed by atoms with Crippen LogP contribution in [0, 0.1) is 0 Å². The molecule has 3 aromatic rings. The number of halogens is 1. The molecule has 3 aliphatic heterocycles. The van der Waals surface area contributed by atoms with Crippen molar-refractivity contribution >= 4 is 39.1 Å². The van der Waals surface area contributed by atoms with Crippen LogP contribution in [-0.2, 0) is 31.7 Å². The number of rotatable bonds is 10. The highest BCUT2D eigenvalue weighted by Crippen LogP contribution is 2.55. The van der Waals surface area contributed by atoms with E-state index < -0.39 is 27.5 Å². The Morgan fingerprint density at radius 3 is 2.28 bits per heavy atom. The van der Waals surface area contributed by atoms with Crippen molar-refractivity contribution in [2.75, 3.05) is 79.5 Å². The normalized spacial score (nSPS) is 21.7. The Kier molecular flexibility index (Phi) is 10.1. The van der Waals surface area contributed by atoms with Gasteiger partial charge in [-0.15, -0.1) is 0 Å². The molecular weight excluding hydrogens is 682 g/mol. The molecule has 0 bridgehead atoms. The highest BCUT2D eigenvalue weighted by atomic mass is 35.5. The number of methoxy groups -OCH3 is 3. The van der Waals surface area contributed by atoms with Crippen molar-refractivity contribution in [1.82, 2.24) is 19.6 Å². The second kappa shape index (κ2) is 14.0. The molecule has 3 heterocycles. The summed E-state index contributed by atoms with van der Waals surface area (Å²) in [5, 5.41) is 0.310. The Hall–Kier alpha value is -3.88. The van der Waals surface area contributed by atoms with Crippen LogP contribution in [0.25, 0.3) is 0 Å². The summed E-state index contributed by atoms with van der Waals surface area (Å²) in [5.74, 6) is -0.168. The topological polar surface area (TPSA) is 112 Å². The van der Waals surface area contributed by atoms with Crippen LogP contribution >= 0.6 is 11.6 Å². The molecule has 0 N–H and O–H groups in total. The third kappa shape index (κ3) is 5.98. The summed E-state index contributed by atoms with van der Waals surface area (Å²) in [6.45, 7) is 4.57. The number of benzene rings is 3. The summed E-state index contributed by atoms with van der Waals surface area (Å²) in [6, 6.07) is 14.1. The molecule has 2 atom stereocenters. The fraction of sp³-hybridized carbons (Fsp3) is 0.444. The number of hydrogen-bond donors (Lipinski definition) is 0. The maximum Gasteiger partial charge on any atom is 0.274 e. The molecule has 0 aromatic heterocycles. The van der Waals surface area contributed by atoms with E-state index in [1.165, 1.54) is 44.4 Å². The molecule has 0 spiro atoms. The van der Waals surface area contributed by atoms with Crippen molar-refractivity contribution < 1.29 is 32.2 Å². The molecule has 2 amide bonds. The van der Waals surface area contributed by atoms with Crippen LogP contribution in [-0.4, -0.2) is 121 Å². The number of sulfonamides is 1. The van der Waals surface area contributed by atoms with E-state index in [1.807, 2.05) is 23.1 Å². The smallest absolute Gasteiger partial charge is 0.274 e. The molecular formula is C36H44ClN5O7S. The predicted octanol–water partition coefficient (Wildman–Crippen LogP) is 3.64. The number of piperazine rings is 1. The largest absolute Gasteiger partial charge is 0.497 e. The van der Waals surface area contributed by atoms with E-state index in [0.717, 1.165) is 36.0 Å². The highest BCUT2D eigenvalue weighted by molar-refractivity contribution is 7.93. The molecule has 0 aliphatic carbocycles. The third-order valence-electron chi connectivity index (χ3n) is 10.0. The van der Waals surface area contributed by atoms with Crippen molar-refractivity contribution in [2.24, 2.45) is 0 Å². The number of carbonyl (C=O) groups excluding carboxylic acids is 2. The first-order valence-electron chi connectivity index (χ1n) is 16.6. The van der Waals surface area contributed by atoms with Crippen molar-refractivity contribution in [1.29, 1.82) is 0 Å². The van der Waals surface area contributed by atoms with Crippen molar-refractivity contribution in [2.45, 2.75) is 35.9 Å². The number of likely N-dealkylation sites (N-methyl/N-ethyl adjacent to an activating group) is 2. The number of carbonyl (C=O) groups is 2. The van der Waals surface area contributed by atoms with Crippen molar-refractivity contribution in [3.63, 3.8) is 0 Å². The van der Waals surface area contributed by atoms with E-state index in [-0.39, 0.29) is 22.2 Å². The summed E-state index contributed by atoms with van der Waals surface area (Å²) in [7, 11) is 5.18. The second-order valence-corrected chi connectivity index (χ2v) is 15.4. The summed E-state index contributed by atoms with van der Waals surface area (Å²) < 4.78 is 47.4. The first-order valence-corrected chi connectivity index (χ1v) is 18.4. The molecule has 12 nitrogen and oxygen atoms in total. The van der Waals surface area contributed by atoms with Gasteiger partial charge in [-0.05, 0) is 67.9 Å². The van der Waals surface area contributed by atoms with E-state index in [1.54, 1.807) is 32.3 Å². The Morgan fingerprint density at radius 2 is 1.62 bits per heavy atom. The van der Waals surface area contributed by atoms with Crippen LogP contribution in [0.4, 0.5) is 5.69 Å². The Morgan fingerprint density at radius 1 is 0.900 bits per heavy atom. The lowest BCUT2D eigenvalue weighted by Gasteiger charge is -2.42. The molecule has 50 heavy (non-hydrogen) atoms. The number of ether oxygens (including phenoxy) is 3. The number of amides is 2. The Bertz CT molecular complexity index is 1900. The molecule has 3 aliphatic rings. The maximum absolute atomic E-state index is 15.7. The number of likely N-dealkylation sites (tertiary alicyclic amines) is 1. The van der Waals surface area contributed by atoms with Gasteiger partial charge in [0.15, 0.2) is 5.54 Å². The van der Waals surface area contributed by atoms with Crippen LogP contribution in [0.1, 0.15) is 29.5 Å². The standard InChI is InChI=1S/C36H44ClN5O7S/c1-38(2)34(43)30-8-7-15-41(30)36(28-20-24(9-13-31(28)48-5)23-40-18-16-39(3)17-19-40)27-21-25(37)10-12-29(27)42(35(36)44)50(45,46)33-14-11-26(47-4)22-32(33)49-6/h9-14,20-22,30H,7-8,15-19,23H2,1-6H3/t30-,36?/m0/s1. The number of anilines is 1. The minimum Gasteiger partial charge on any atom is -0.497 e. The van der Waals surface area contributed by atoms with Crippen LogP contribution in [0.3, 0.4) is 0 Å². The second-order valence-electron chi connectivity index (χ2n) is 13.2. The summed E-state index contributed by atoms with van der Waals surface area (Å²) in [4.78, 5) is 37.3. The SMILES string of the molecule is COc1ccc(S(=O)(=O)N2C(=O)C(c3cc(CN4CCN(C)CC4)ccc3OC)(N3CCC[C@H]3C(=O)N(C)C)c3cc(Cl)ccc32)c(OC)c1. The quantitative estimate of drug-likeness (QED) is 0.307. The maximum atomic E-state index is 15.7. The van der Waals surface area contributed by atoms with Gasteiger partial charge in [0, 0.05) is 75.6 Å². The molecule has 0 saturated carbocycles. The van der Waals surface area contributed by atoms with E-state index >= 15 is 4.79 Å². The van der Waals surface area contributed by atoms with Crippen LogP contribution in [0.15, 0.2) is 59.5 Å². The van der Waals surface area contributed by atoms with Crippen LogP contribution < -0.4 is 18.5 Å². The molecule has 2 saturated heterocycles. The van der Waals surface area contributed by atoms with E-state index in [9.17, 15) is 13.2 Å². The summed E-state index contributed by atoms with van der Waals surface area (Å²) in [5.41, 5.74) is 0.0433. The monoisotopic (exact) mass is 725 g/mol. The van der Waals surface area contributed by atoms with Gasteiger partial charge in [0.2, 0.25) is 5.91 Å². The minimum atomic E-state index is -4.62. The molecule has 0 radical (unpaired) electrons. The number of nitrogens with zero attached hydrogens (tertiary/aromatic N) is 5. The lowest BCUT2D eigenvalue weighted by molar-refractivity contribution is -0.138. The number of fused-ring (bicyclic) bond motifs is 1. The fourth-order valence-electron chi connectivity index (χ4n) is 7.49. The van der Waals surface area contributed by atoms with E-state index in [0.29, 0.717) is 53.6 Å². The molecule has 2 fully saturated rings. The Labute approximate surface area is 299 Å². The van der Waals surface area contributed by atoms with E-state index in [4.69, 9.17) is 25.8 Å². The van der Waals surface area contributed by atoms with Gasteiger partial charge < -0.3 is 24.0 Å². The Balaban J connectivity index is 1.62. The van der Waals surface area contributed by atoms with Crippen molar-refractivity contribution in [3.8, 4) is 17.2 Å². The lowest BCUT2D eigenvalue weighted by Crippen LogP contribution is -2.59. The van der Waals surface area contributed by atoms with Gasteiger partial charge in [0.05, 0.1) is 33.1 Å². The summed E-state index contributed by atoms with van der Waals surface area (Å²) >= 11 is 6.70. The van der Waals surface area contributed by atoms with Gasteiger partial charge in [0.25, 0.3) is 15.9 Å². The zero-order valence-electron chi connectivity index (χ0n) is 29.3. The van der Waals surface area contributed by atoms with Gasteiger partial charge in [-0.25, -0.2) is 12.7 Å². The average molecular weight is 726 g/mol. The third-order valence-corrected chi connectivity index (χ3v) is 12.0. The van der Waals surface area contributed by atoms with Gasteiger partial charge >= 0.3 is 0 Å². The molecule has 3 aromatic carbocycles. The first-order chi connectivity index (χ1) is 23.9.